The molecule has 0 spiro atoms. The van der Waals surface area contributed by atoms with Crippen molar-refractivity contribution in [2.24, 2.45) is 13.0 Å². The van der Waals surface area contributed by atoms with Gasteiger partial charge in [0.2, 0.25) is 5.91 Å². The summed E-state index contributed by atoms with van der Waals surface area (Å²) in [6.45, 7) is 1.66. The first-order chi connectivity index (χ1) is 12.2. The van der Waals surface area contributed by atoms with Crippen molar-refractivity contribution in [2.75, 3.05) is 13.1 Å². The zero-order chi connectivity index (χ0) is 17.2. The Morgan fingerprint density at radius 1 is 1.16 bits per heavy atom. The topological polar surface area (TPSA) is 63.9 Å². The zero-order valence-corrected chi connectivity index (χ0v) is 15.0. The largest absolute Gasteiger partial charge is 0.342 e. The molecular formula is C19H27N5O. The van der Waals surface area contributed by atoms with E-state index in [4.69, 9.17) is 0 Å². The van der Waals surface area contributed by atoms with Crippen LogP contribution in [0.15, 0.2) is 12.4 Å². The number of aryl methyl sites for hydroxylation is 1. The van der Waals surface area contributed by atoms with E-state index in [2.05, 4.69) is 20.0 Å². The smallest absolute Gasteiger partial charge is 0.222 e. The van der Waals surface area contributed by atoms with Crippen molar-refractivity contribution >= 4 is 17.1 Å². The fourth-order valence-corrected chi connectivity index (χ4v) is 4.49. The number of aromatic nitrogens is 4. The summed E-state index contributed by atoms with van der Waals surface area (Å²) in [7, 11) is 1.91. The van der Waals surface area contributed by atoms with E-state index in [1.165, 1.54) is 25.7 Å². The summed E-state index contributed by atoms with van der Waals surface area (Å²) >= 11 is 0. The Labute approximate surface area is 148 Å². The lowest BCUT2D eigenvalue weighted by molar-refractivity contribution is -0.132. The monoisotopic (exact) mass is 341 g/mol. The van der Waals surface area contributed by atoms with Crippen LogP contribution in [0.25, 0.3) is 11.2 Å². The lowest BCUT2D eigenvalue weighted by atomic mass is 9.93. The van der Waals surface area contributed by atoms with Crippen LogP contribution in [0.1, 0.15) is 63.0 Å². The minimum absolute atomic E-state index is 0.268. The number of rotatable bonds is 4. The van der Waals surface area contributed by atoms with E-state index in [-0.39, 0.29) is 5.92 Å². The Kier molecular flexibility index (Phi) is 4.68. The maximum atomic E-state index is 12.7. The Bertz CT molecular complexity index is 749. The minimum Gasteiger partial charge on any atom is -0.342 e. The highest BCUT2D eigenvalue weighted by Crippen LogP contribution is 2.31. The first-order valence-electron chi connectivity index (χ1n) is 9.64. The number of likely N-dealkylation sites (tertiary alicyclic amines) is 1. The molecule has 1 aliphatic heterocycles. The molecule has 0 unspecified atom stereocenters. The summed E-state index contributed by atoms with van der Waals surface area (Å²) in [4.78, 5) is 23.6. The molecule has 25 heavy (non-hydrogen) atoms. The summed E-state index contributed by atoms with van der Waals surface area (Å²) in [6, 6.07) is 0. The molecule has 2 aliphatic rings. The molecule has 0 N–H and O–H groups in total. The number of piperidine rings is 1. The summed E-state index contributed by atoms with van der Waals surface area (Å²) in [5.41, 5.74) is 2.70. The summed E-state index contributed by atoms with van der Waals surface area (Å²) in [5.74, 6) is 1.37. The summed E-state index contributed by atoms with van der Waals surface area (Å²) in [5, 5.41) is 4.67. The standard InChI is InChI=1S/C19H27N5O/c1-23-19-18(20-10-11-21-19)17(22-23)15-7-4-12-24(13-15)16(25)9-8-14-5-2-3-6-14/h10-11,14-15H,2-9,12-13H2,1H3/t15-/m0/s1. The van der Waals surface area contributed by atoms with Gasteiger partial charge in [0, 0.05) is 44.9 Å². The summed E-state index contributed by atoms with van der Waals surface area (Å²) in [6.07, 6.45) is 12.6. The average molecular weight is 341 g/mol. The number of fused-ring (bicyclic) bond motifs is 1. The first-order valence-corrected chi connectivity index (χ1v) is 9.64. The van der Waals surface area contributed by atoms with Gasteiger partial charge in [0.15, 0.2) is 5.65 Å². The molecule has 1 saturated carbocycles. The van der Waals surface area contributed by atoms with Crippen LogP contribution < -0.4 is 0 Å². The molecule has 3 heterocycles. The molecule has 2 fully saturated rings. The van der Waals surface area contributed by atoms with E-state index >= 15 is 0 Å². The first kappa shape index (κ1) is 16.5. The SMILES string of the molecule is Cn1nc([C@H]2CCCN(C(=O)CCC3CCCC3)C2)c2nccnc21. The van der Waals surface area contributed by atoms with Gasteiger partial charge in [0.05, 0.1) is 5.69 Å². The molecule has 1 aliphatic carbocycles. The van der Waals surface area contributed by atoms with Gasteiger partial charge in [-0.25, -0.2) is 14.6 Å². The quantitative estimate of drug-likeness (QED) is 0.857. The van der Waals surface area contributed by atoms with Crippen LogP contribution in [-0.4, -0.2) is 43.6 Å². The normalized spacial score (nSPS) is 22.0. The van der Waals surface area contributed by atoms with E-state index < -0.39 is 0 Å². The highest BCUT2D eigenvalue weighted by molar-refractivity contribution is 5.77. The van der Waals surface area contributed by atoms with Crippen LogP contribution in [-0.2, 0) is 11.8 Å². The molecule has 6 heteroatoms. The van der Waals surface area contributed by atoms with Crippen molar-refractivity contribution in [3.63, 3.8) is 0 Å². The van der Waals surface area contributed by atoms with E-state index in [0.717, 1.165) is 55.1 Å². The van der Waals surface area contributed by atoms with E-state index in [0.29, 0.717) is 12.3 Å². The van der Waals surface area contributed by atoms with Crippen molar-refractivity contribution in [3.05, 3.63) is 18.1 Å². The van der Waals surface area contributed by atoms with Gasteiger partial charge in [0.1, 0.15) is 5.52 Å². The molecule has 2 aromatic heterocycles. The molecule has 6 nitrogen and oxygen atoms in total. The van der Waals surface area contributed by atoms with Crippen molar-refractivity contribution in [1.29, 1.82) is 0 Å². The van der Waals surface area contributed by atoms with Gasteiger partial charge in [-0.2, -0.15) is 5.10 Å². The number of carbonyl (C=O) groups excluding carboxylic acids is 1. The number of nitrogens with zero attached hydrogens (tertiary/aromatic N) is 5. The van der Waals surface area contributed by atoms with Crippen molar-refractivity contribution in [2.45, 2.75) is 57.3 Å². The maximum Gasteiger partial charge on any atom is 0.222 e. The van der Waals surface area contributed by atoms with Gasteiger partial charge < -0.3 is 4.90 Å². The van der Waals surface area contributed by atoms with Gasteiger partial charge in [0.25, 0.3) is 0 Å². The molecule has 0 radical (unpaired) electrons. The van der Waals surface area contributed by atoms with Crippen molar-refractivity contribution in [1.82, 2.24) is 24.6 Å². The third-order valence-electron chi connectivity index (χ3n) is 5.89. The number of carbonyl (C=O) groups is 1. The predicted molar refractivity (Wildman–Crippen MR) is 96.1 cm³/mol. The van der Waals surface area contributed by atoms with Gasteiger partial charge >= 0.3 is 0 Å². The van der Waals surface area contributed by atoms with E-state index in [9.17, 15) is 4.79 Å². The molecule has 134 valence electrons. The van der Waals surface area contributed by atoms with Crippen LogP contribution in [0.3, 0.4) is 0 Å². The molecular weight excluding hydrogens is 314 g/mol. The van der Waals surface area contributed by atoms with Crippen LogP contribution in [0.2, 0.25) is 0 Å². The molecule has 2 aromatic rings. The third kappa shape index (κ3) is 3.39. The van der Waals surface area contributed by atoms with Crippen molar-refractivity contribution in [3.8, 4) is 0 Å². The second kappa shape index (κ2) is 7.10. The number of hydrogen-bond donors (Lipinski definition) is 0. The highest BCUT2D eigenvalue weighted by atomic mass is 16.2. The number of hydrogen-bond acceptors (Lipinski definition) is 4. The molecule has 1 atom stereocenters. The Hall–Kier alpha value is -1.98. The zero-order valence-electron chi connectivity index (χ0n) is 15.0. The molecule has 1 amide bonds. The Morgan fingerprint density at radius 3 is 2.80 bits per heavy atom. The number of amides is 1. The maximum absolute atomic E-state index is 12.7. The Balaban J connectivity index is 1.44. The van der Waals surface area contributed by atoms with Gasteiger partial charge in [-0.3, -0.25) is 4.79 Å². The molecule has 4 rings (SSSR count). The van der Waals surface area contributed by atoms with E-state index in [1.807, 2.05) is 7.05 Å². The van der Waals surface area contributed by atoms with E-state index in [1.54, 1.807) is 17.1 Å². The van der Waals surface area contributed by atoms with Crippen LogP contribution >= 0.6 is 0 Å². The Morgan fingerprint density at radius 2 is 1.96 bits per heavy atom. The van der Waals surface area contributed by atoms with Crippen LogP contribution in [0, 0.1) is 5.92 Å². The van der Waals surface area contributed by atoms with Crippen LogP contribution in [0.4, 0.5) is 0 Å². The average Bonchev–Trinajstić information content (AvgIpc) is 3.28. The lowest BCUT2D eigenvalue weighted by Gasteiger charge is -2.32. The van der Waals surface area contributed by atoms with Crippen molar-refractivity contribution < 1.29 is 4.79 Å². The summed E-state index contributed by atoms with van der Waals surface area (Å²) < 4.78 is 1.80. The third-order valence-corrected chi connectivity index (χ3v) is 5.89. The fourth-order valence-electron chi connectivity index (χ4n) is 4.49. The predicted octanol–water partition coefficient (Wildman–Crippen LogP) is 3.04. The second-order valence-electron chi connectivity index (χ2n) is 7.61. The second-order valence-corrected chi connectivity index (χ2v) is 7.61. The van der Waals surface area contributed by atoms with Gasteiger partial charge in [-0.05, 0) is 25.2 Å². The van der Waals surface area contributed by atoms with Gasteiger partial charge in [-0.15, -0.1) is 0 Å². The van der Waals surface area contributed by atoms with Crippen LogP contribution in [0.5, 0.6) is 0 Å². The minimum atomic E-state index is 0.268. The fraction of sp³-hybridized carbons (Fsp3) is 0.684. The molecule has 0 aromatic carbocycles. The lowest BCUT2D eigenvalue weighted by Crippen LogP contribution is -2.39. The molecule has 1 saturated heterocycles. The molecule has 0 bridgehead atoms. The highest BCUT2D eigenvalue weighted by Gasteiger charge is 2.29. The van der Waals surface area contributed by atoms with Gasteiger partial charge in [-0.1, -0.05) is 25.7 Å².